The number of benzene rings is 2. The Morgan fingerprint density at radius 2 is 1.57 bits per heavy atom. The Morgan fingerprint density at radius 3 is 2.03 bits per heavy atom. The number of nitrogens with zero attached hydrogens (tertiary/aromatic N) is 1. The number of amidine groups is 1. The summed E-state index contributed by atoms with van der Waals surface area (Å²) in [4.78, 5) is 15.6. The third-order valence-electron chi connectivity index (χ3n) is 7.15. The SMILES string of the molecule is Br.CCC[C@H]1CN(CC(=O)c2cc(C(C)(C)C)c(O)c(C(C)(C)C)c2)C(=N)[C@@H]1c1ccc(OCC)cc1. The van der Waals surface area contributed by atoms with E-state index in [-0.39, 0.29) is 51.8 Å². The largest absolute Gasteiger partial charge is 0.507 e. The van der Waals surface area contributed by atoms with Crippen LogP contribution in [0.3, 0.4) is 0 Å². The van der Waals surface area contributed by atoms with Crippen molar-refractivity contribution in [1.82, 2.24) is 4.90 Å². The van der Waals surface area contributed by atoms with Crippen molar-refractivity contribution in [3.8, 4) is 11.5 Å². The predicted octanol–water partition coefficient (Wildman–Crippen LogP) is 7.64. The topological polar surface area (TPSA) is 73.6 Å². The molecule has 37 heavy (non-hydrogen) atoms. The van der Waals surface area contributed by atoms with Gasteiger partial charge in [0.25, 0.3) is 0 Å². The molecule has 2 atom stereocenters. The average molecular weight is 574 g/mol. The van der Waals surface area contributed by atoms with Crippen molar-refractivity contribution in [2.45, 2.75) is 85.0 Å². The highest BCUT2D eigenvalue weighted by molar-refractivity contribution is 8.93. The van der Waals surface area contributed by atoms with Crippen LogP contribution in [-0.2, 0) is 10.8 Å². The Bertz CT molecular complexity index is 1060. The number of ether oxygens (including phenoxy) is 1. The summed E-state index contributed by atoms with van der Waals surface area (Å²) in [6.07, 6.45) is 2.04. The first-order chi connectivity index (χ1) is 16.8. The van der Waals surface area contributed by atoms with Gasteiger partial charge in [0, 0.05) is 29.2 Å². The van der Waals surface area contributed by atoms with Crippen LogP contribution in [0.1, 0.15) is 101 Å². The zero-order valence-electron chi connectivity index (χ0n) is 23.8. The van der Waals surface area contributed by atoms with Crippen LogP contribution in [0.4, 0.5) is 0 Å². The number of ketones is 1. The molecule has 0 radical (unpaired) electrons. The van der Waals surface area contributed by atoms with Gasteiger partial charge in [-0.2, -0.15) is 0 Å². The molecular weight excluding hydrogens is 528 g/mol. The van der Waals surface area contributed by atoms with Gasteiger partial charge in [-0.05, 0) is 59.9 Å². The van der Waals surface area contributed by atoms with Gasteiger partial charge in [-0.25, -0.2) is 0 Å². The maximum atomic E-state index is 13.6. The summed E-state index contributed by atoms with van der Waals surface area (Å²) in [5, 5.41) is 20.1. The molecule has 0 bridgehead atoms. The number of phenolic OH excluding ortho intramolecular Hbond substituents is 1. The third kappa shape index (κ3) is 6.95. The first kappa shape index (κ1) is 30.9. The van der Waals surface area contributed by atoms with Crippen LogP contribution in [0.25, 0.3) is 0 Å². The number of hydrogen-bond acceptors (Lipinski definition) is 4. The number of nitrogens with one attached hydrogen (secondary N) is 1. The quantitative estimate of drug-likeness (QED) is 0.319. The van der Waals surface area contributed by atoms with Gasteiger partial charge in [-0.1, -0.05) is 67.0 Å². The maximum absolute atomic E-state index is 13.6. The van der Waals surface area contributed by atoms with Crippen LogP contribution in [-0.4, -0.2) is 41.3 Å². The van der Waals surface area contributed by atoms with E-state index in [1.807, 2.05) is 36.1 Å². The smallest absolute Gasteiger partial charge is 0.182 e. The fourth-order valence-electron chi connectivity index (χ4n) is 5.26. The molecule has 6 heteroatoms. The lowest BCUT2D eigenvalue weighted by atomic mass is 9.78. The molecule has 0 aliphatic carbocycles. The molecule has 0 saturated carbocycles. The van der Waals surface area contributed by atoms with Gasteiger partial charge in [0.2, 0.25) is 0 Å². The molecule has 0 aromatic heterocycles. The number of likely N-dealkylation sites (tertiary alicyclic amines) is 1. The fourth-order valence-corrected chi connectivity index (χ4v) is 5.26. The molecule has 1 aliphatic rings. The second-order valence-electron chi connectivity index (χ2n) is 12.1. The van der Waals surface area contributed by atoms with Gasteiger partial charge in [0.15, 0.2) is 5.78 Å². The molecule has 0 spiro atoms. The van der Waals surface area contributed by atoms with Crippen LogP contribution >= 0.6 is 17.0 Å². The zero-order chi connectivity index (χ0) is 26.8. The minimum absolute atomic E-state index is 0. The van der Waals surface area contributed by atoms with Crippen molar-refractivity contribution in [2.75, 3.05) is 19.7 Å². The van der Waals surface area contributed by atoms with Crippen LogP contribution in [0, 0.1) is 11.3 Å². The summed E-state index contributed by atoms with van der Waals surface area (Å²) in [6, 6.07) is 11.8. The zero-order valence-corrected chi connectivity index (χ0v) is 25.5. The summed E-state index contributed by atoms with van der Waals surface area (Å²) < 4.78 is 5.60. The third-order valence-corrected chi connectivity index (χ3v) is 7.15. The first-order valence-corrected chi connectivity index (χ1v) is 13.2. The molecule has 204 valence electrons. The van der Waals surface area contributed by atoms with Gasteiger partial charge < -0.3 is 14.7 Å². The summed E-state index contributed by atoms with van der Waals surface area (Å²) >= 11 is 0. The normalized spacial score (nSPS) is 18.1. The van der Waals surface area contributed by atoms with E-state index in [1.54, 1.807) is 0 Å². The minimum atomic E-state index is -0.300. The second-order valence-corrected chi connectivity index (χ2v) is 12.1. The molecule has 2 N–H and O–H groups in total. The van der Waals surface area contributed by atoms with E-state index in [1.165, 1.54) is 0 Å². The van der Waals surface area contributed by atoms with Crippen LogP contribution in [0.2, 0.25) is 0 Å². The van der Waals surface area contributed by atoms with E-state index >= 15 is 0 Å². The summed E-state index contributed by atoms with van der Waals surface area (Å²) in [6.45, 7) is 17.9. The highest BCUT2D eigenvalue weighted by atomic mass is 79.9. The average Bonchev–Trinajstić information content (AvgIpc) is 3.08. The van der Waals surface area contributed by atoms with Gasteiger partial charge in [0.05, 0.1) is 13.2 Å². The van der Waals surface area contributed by atoms with Crippen LogP contribution < -0.4 is 4.74 Å². The van der Waals surface area contributed by atoms with E-state index in [2.05, 4.69) is 60.6 Å². The van der Waals surface area contributed by atoms with E-state index in [9.17, 15) is 9.90 Å². The number of rotatable bonds is 8. The Morgan fingerprint density at radius 1 is 1.03 bits per heavy atom. The summed E-state index contributed by atoms with van der Waals surface area (Å²) in [5.41, 5.74) is 2.67. The van der Waals surface area contributed by atoms with Crippen molar-refractivity contribution >= 4 is 28.6 Å². The molecule has 2 aromatic rings. The van der Waals surface area contributed by atoms with Gasteiger partial charge >= 0.3 is 0 Å². The second kappa shape index (κ2) is 12.0. The van der Waals surface area contributed by atoms with Crippen LogP contribution in [0.15, 0.2) is 36.4 Å². The van der Waals surface area contributed by atoms with Crippen molar-refractivity contribution in [3.05, 3.63) is 58.7 Å². The number of phenols is 1. The lowest BCUT2D eigenvalue weighted by Crippen LogP contribution is -2.32. The molecule has 2 aromatic carbocycles. The van der Waals surface area contributed by atoms with E-state index in [0.29, 0.717) is 30.5 Å². The molecule has 1 aliphatic heterocycles. The Kier molecular flexibility index (Phi) is 10.0. The van der Waals surface area contributed by atoms with Gasteiger partial charge in [-0.3, -0.25) is 10.2 Å². The molecule has 0 unspecified atom stereocenters. The molecule has 1 saturated heterocycles. The van der Waals surface area contributed by atoms with Crippen molar-refractivity contribution in [2.24, 2.45) is 5.92 Å². The number of hydrogen-bond donors (Lipinski definition) is 2. The van der Waals surface area contributed by atoms with Crippen LogP contribution in [0.5, 0.6) is 11.5 Å². The van der Waals surface area contributed by atoms with E-state index in [0.717, 1.165) is 35.3 Å². The van der Waals surface area contributed by atoms with Gasteiger partial charge in [0.1, 0.15) is 17.3 Å². The van der Waals surface area contributed by atoms with Crippen molar-refractivity contribution < 1.29 is 14.6 Å². The molecule has 5 nitrogen and oxygen atoms in total. The Labute approximate surface area is 233 Å². The lowest BCUT2D eigenvalue weighted by molar-refractivity contribution is 0.0963. The minimum Gasteiger partial charge on any atom is -0.507 e. The summed E-state index contributed by atoms with van der Waals surface area (Å²) in [5.74, 6) is 1.88. The predicted molar refractivity (Wildman–Crippen MR) is 158 cm³/mol. The fraction of sp³-hybridized carbons (Fsp3) is 0.548. The van der Waals surface area contributed by atoms with Gasteiger partial charge in [-0.15, -0.1) is 17.0 Å². The van der Waals surface area contributed by atoms with Crippen molar-refractivity contribution in [3.63, 3.8) is 0 Å². The Balaban J connectivity index is 0.00000481. The molecular formula is C31H45BrN2O3. The number of aromatic hydroxyl groups is 1. The molecule has 1 heterocycles. The highest BCUT2D eigenvalue weighted by Crippen LogP contribution is 2.41. The Hall–Kier alpha value is -2.34. The maximum Gasteiger partial charge on any atom is 0.182 e. The molecule has 0 amide bonds. The molecule has 1 fully saturated rings. The molecule has 3 rings (SSSR count). The van der Waals surface area contributed by atoms with E-state index in [4.69, 9.17) is 10.1 Å². The first-order valence-electron chi connectivity index (χ1n) is 13.2. The standard InChI is InChI=1S/C31H44N2O3.BrH/c1-9-11-21-18-33(29(32)27(21)20-12-14-23(15-13-20)36-10-2)19-26(34)22-16-24(30(3,4)5)28(35)25(17-22)31(6,7)8;/h12-17,21,27,32,35H,9-11,18-19H2,1-8H3;1H/t21-,27+;/m0./s1. The number of halogens is 1. The number of Topliss-reactive ketones (excluding diaryl/α,β-unsaturated/α-hetero) is 1. The highest BCUT2D eigenvalue weighted by Gasteiger charge is 2.39. The summed E-state index contributed by atoms with van der Waals surface area (Å²) in [7, 11) is 0. The van der Waals surface area contributed by atoms with Crippen molar-refractivity contribution in [1.29, 1.82) is 5.41 Å². The lowest BCUT2D eigenvalue weighted by Gasteiger charge is -2.28. The monoisotopic (exact) mass is 572 g/mol. The van der Waals surface area contributed by atoms with E-state index < -0.39 is 0 Å². The number of carbonyl (C=O) groups is 1. The number of carbonyl (C=O) groups excluding carboxylic acids is 1.